The molecule has 1 aromatic rings. The molecule has 0 saturated carbocycles. The van der Waals surface area contributed by atoms with E-state index in [0.717, 1.165) is 12.0 Å². The first-order valence-electron chi connectivity index (χ1n) is 8.37. The largest absolute Gasteiger partial charge is 0.294 e. The summed E-state index contributed by atoms with van der Waals surface area (Å²) >= 11 is 0. The van der Waals surface area contributed by atoms with E-state index in [2.05, 4.69) is 25.5 Å². The Morgan fingerprint density at radius 1 is 1.13 bits per heavy atom. The van der Waals surface area contributed by atoms with Crippen LogP contribution in [0.15, 0.2) is 30.3 Å². The van der Waals surface area contributed by atoms with Gasteiger partial charge in [0, 0.05) is 18.0 Å². The molecule has 3 atom stereocenters. The number of benzene rings is 1. The molecule has 0 aromatic heterocycles. The number of carbonyl (C=O) groups excluding carboxylic acids is 1. The molecule has 0 amide bonds. The number of hydrogen-bond donors (Lipinski definition) is 1. The predicted octanol–water partition coefficient (Wildman–Crippen LogP) is 4.36. The Morgan fingerprint density at radius 3 is 2.17 bits per heavy atom. The second-order valence-corrected chi connectivity index (χ2v) is 9.68. The van der Waals surface area contributed by atoms with Gasteiger partial charge in [0.1, 0.15) is 0 Å². The summed E-state index contributed by atoms with van der Waals surface area (Å²) in [5.41, 5.74) is 0.770. The molecule has 0 bridgehead atoms. The molecule has 23 heavy (non-hydrogen) atoms. The second kappa shape index (κ2) is 8.74. The summed E-state index contributed by atoms with van der Waals surface area (Å²) in [7, 11) is -1.09. The minimum Gasteiger partial charge on any atom is -0.294 e. The predicted molar refractivity (Wildman–Crippen MR) is 98.8 cm³/mol. The van der Waals surface area contributed by atoms with Gasteiger partial charge in [-0.1, -0.05) is 51.1 Å². The van der Waals surface area contributed by atoms with Crippen molar-refractivity contribution in [2.24, 2.45) is 11.8 Å². The zero-order valence-electron chi connectivity index (χ0n) is 15.3. The van der Waals surface area contributed by atoms with Gasteiger partial charge in [0.05, 0.1) is 15.7 Å². The third-order valence-corrected chi connectivity index (χ3v) is 5.53. The Morgan fingerprint density at radius 2 is 1.70 bits per heavy atom. The molecule has 1 aromatic carbocycles. The fourth-order valence-corrected chi connectivity index (χ4v) is 3.34. The van der Waals surface area contributed by atoms with E-state index < -0.39 is 11.0 Å². The number of nitrogens with one attached hydrogen (secondary N) is 1. The van der Waals surface area contributed by atoms with Crippen molar-refractivity contribution in [1.29, 1.82) is 0 Å². The van der Waals surface area contributed by atoms with Crippen molar-refractivity contribution >= 4 is 16.8 Å². The maximum atomic E-state index is 12.3. The van der Waals surface area contributed by atoms with Crippen LogP contribution in [-0.2, 0) is 11.0 Å². The molecule has 1 N–H and O–H groups in total. The van der Waals surface area contributed by atoms with Gasteiger partial charge >= 0.3 is 0 Å². The summed E-state index contributed by atoms with van der Waals surface area (Å²) in [5.74, 6) is 0.799. The molecule has 0 aliphatic carbocycles. The van der Waals surface area contributed by atoms with Crippen molar-refractivity contribution in [3.8, 4) is 0 Å². The lowest BCUT2D eigenvalue weighted by atomic mass is 9.90. The maximum Gasteiger partial charge on any atom is 0.163 e. The zero-order chi connectivity index (χ0) is 17.6. The van der Waals surface area contributed by atoms with Crippen LogP contribution in [0.2, 0.25) is 0 Å². The molecule has 0 radical (unpaired) electrons. The van der Waals surface area contributed by atoms with Crippen LogP contribution in [0.1, 0.15) is 64.7 Å². The standard InChI is InChI=1S/C19H31NO2S/c1-14(2)17(20-23(22)19(4,5)6)12-15(3)13-18(21)16-10-8-7-9-11-16/h7-11,14-15,17,20H,12-13H2,1-6H3/t15-,17+,23-/m1/s1. The van der Waals surface area contributed by atoms with Gasteiger partial charge in [-0.05, 0) is 39.0 Å². The van der Waals surface area contributed by atoms with Crippen molar-refractivity contribution in [2.45, 2.75) is 65.2 Å². The van der Waals surface area contributed by atoms with Crippen LogP contribution in [0, 0.1) is 11.8 Å². The minimum atomic E-state index is -1.09. The highest BCUT2D eigenvalue weighted by molar-refractivity contribution is 7.84. The van der Waals surface area contributed by atoms with Gasteiger partial charge in [-0.3, -0.25) is 4.79 Å². The number of Topliss-reactive ketones (excluding diaryl/α,β-unsaturated/α-hetero) is 1. The summed E-state index contributed by atoms with van der Waals surface area (Å²) in [5, 5.41) is 0. The fraction of sp³-hybridized carbons (Fsp3) is 0.632. The third kappa shape index (κ3) is 6.96. The highest BCUT2D eigenvalue weighted by Crippen LogP contribution is 2.20. The molecule has 1 rings (SSSR count). The fourth-order valence-electron chi connectivity index (χ4n) is 2.35. The third-order valence-electron chi connectivity index (χ3n) is 3.91. The molecule has 0 saturated heterocycles. The number of rotatable bonds is 8. The average Bonchev–Trinajstić information content (AvgIpc) is 2.46. The SMILES string of the molecule is CC(C)[C@H](C[C@@H](C)CC(=O)c1ccccc1)N[S@](=O)C(C)(C)C. The van der Waals surface area contributed by atoms with Crippen molar-refractivity contribution in [3.05, 3.63) is 35.9 Å². The van der Waals surface area contributed by atoms with E-state index in [9.17, 15) is 9.00 Å². The molecule has 3 nitrogen and oxygen atoms in total. The molecule has 0 heterocycles. The first-order chi connectivity index (χ1) is 10.6. The summed E-state index contributed by atoms with van der Waals surface area (Å²) in [4.78, 5) is 12.3. The second-order valence-electron chi connectivity index (χ2n) is 7.68. The maximum absolute atomic E-state index is 12.3. The molecule has 0 fully saturated rings. The zero-order valence-corrected chi connectivity index (χ0v) is 16.1. The summed E-state index contributed by atoms with van der Waals surface area (Å²) < 4.78 is 15.3. The van der Waals surface area contributed by atoms with Gasteiger partial charge in [-0.2, -0.15) is 0 Å². The van der Waals surface area contributed by atoms with Gasteiger partial charge in [0.2, 0.25) is 0 Å². The highest BCUT2D eigenvalue weighted by atomic mass is 32.2. The van der Waals surface area contributed by atoms with Gasteiger partial charge in [-0.15, -0.1) is 0 Å². The Balaban J connectivity index is 2.63. The van der Waals surface area contributed by atoms with Crippen LogP contribution >= 0.6 is 0 Å². The molecule has 4 heteroatoms. The smallest absolute Gasteiger partial charge is 0.163 e. The van der Waals surface area contributed by atoms with Crippen LogP contribution in [0.3, 0.4) is 0 Å². The van der Waals surface area contributed by atoms with E-state index in [0.29, 0.717) is 12.3 Å². The lowest BCUT2D eigenvalue weighted by Gasteiger charge is -2.28. The molecule has 0 spiro atoms. The van der Waals surface area contributed by atoms with Crippen LogP contribution < -0.4 is 4.72 Å². The van der Waals surface area contributed by atoms with E-state index >= 15 is 0 Å². The first-order valence-corrected chi connectivity index (χ1v) is 9.52. The molecular formula is C19H31NO2S. The van der Waals surface area contributed by atoms with E-state index in [4.69, 9.17) is 0 Å². The molecule has 130 valence electrons. The van der Waals surface area contributed by atoms with Crippen LogP contribution in [0.5, 0.6) is 0 Å². The average molecular weight is 338 g/mol. The number of hydrogen-bond acceptors (Lipinski definition) is 2. The lowest BCUT2D eigenvalue weighted by molar-refractivity contribution is 0.0959. The Hall–Kier alpha value is -1.00. The molecule has 0 aliphatic rings. The monoisotopic (exact) mass is 337 g/mol. The summed E-state index contributed by atoms with van der Waals surface area (Å²) in [6.07, 6.45) is 1.37. The first kappa shape index (κ1) is 20.0. The van der Waals surface area contributed by atoms with Crippen LogP contribution in [0.25, 0.3) is 0 Å². The summed E-state index contributed by atoms with van der Waals surface area (Å²) in [6, 6.07) is 9.57. The Kier molecular flexibility index (Phi) is 7.62. The van der Waals surface area contributed by atoms with E-state index in [-0.39, 0.29) is 22.5 Å². The Labute approximate surface area is 143 Å². The van der Waals surface area contributed by atoms with Gasteiger partial charge in [-0.25, -0.2) is 8.93 Å². The van der Waals surface area contributed by atoms with Gasteiger partial charge < -0.3 is 0 Å². The van der Waals surface area contributed by atoms with E-state index in [1.807, 2.05) is 51.1 Å². The Bertz CT molecular complexity index is 520. The lowest BCUT2D eigenvalue weighted by Crippen LogP contribution is -2.43. The number of ketones is 1. The normalized spacial score (nSPS) is 16.1. The minimum absolute atomic E-state index is 0.147. The number of carbonyl (C=O) groups is 1. The molecular weight excluding hydrogens is 306 g/mol. The van der Waals surface area contributed by atoms with Crippen molar-refractivity contribution in [1.82, 2.24) is 4.72 Å². The van der Waals surface area contributed by atoms with Crippen molar-refractivity contribution in [2.75, 3.05) is 0 Å². The summed E-state index contributed by atoms with van der Waals surface area (Å²) in [6.45, 7) is 12.3. The highest BCUT2D eigenvalue weighted by Gasteiger charge is 2.26. The molecule has 0 aliphatic heterocycles. The molecule has 0 unspecified atom stereocenters. The quantitative estimate of drug-likeness (QED) is 0.716. The topological polar surface area (TPSA) is 46.2 Å². The van der Waals surface area contributed by atoms with Gasteiger partial charge in [0.15, 0.2) is 5.78 Å². The van der Waals surface area contributed by atoms with Crippen LogP contribution in [0.4, 0.5) is 0 Å². The van der Waals surface area contributed by atoms with Crippen molar-refractivity contribution < 1.29 is 9.00 Å². The van der Waals surface area contributed by atoms with Crippen LogP contribution in [-0.4, -0.2) is 20.8 Å². The van der Waals surface area contributed by atoms with E-state index in [1.165, 1.54) is 0 Å². The van der Waals surface area contributed by atoms with E-state index in [1.54, 1.807) is 0 Å². The van der Waals surface area contributed by atoms with Gasteiger partial charge in [0.25, 0.3) is 0 Å². The van der Waals surface area contributed by atoms with Crippen molar-refractivity contribution in [3.63, 3.8) is 0 Å².